The Bertz CT molecular complexity index is 734. The average Bonchev–Trinajstić information content (AvgIpc) is 2.54. The molecule has 0 aliphatic heterocycles. The lowest BCUT2D eigenvalue weighted by Gasteiger charge is -2.09. The maximum atomic E-state index is 13.6. The van der Waals surface area contributed by atoms with Crippen molar-refractivity contribution >= 4 is 17.3 Å². The summed E-state index contributed by atoms with van der Waals surface area (Å²) in [5.74, 6) is -1.12. The van der Waals surface area contributed by atoms with Crippen LogP contribution in [0.2, 0.25) is 0 Å². The van der Waals surface area contributed by atoms with E-state index in [2.05, 4.69) is 5.32 Å². The van der Waals surface area contributed by atoms with E-state index in [0.717, 1.165) is 12.5 Å². The Morgan fingerprint density at radius 2 is 2.04 bits per heavy atom. The predicted molar refractivity (Wildman–Crippen MR) is 83.2 cm³/mol. The molecule has 1 N–H and O–H groups in total. The van der Waals surface area contributed by atoms with Gasteiger partial charge in [0.15, 0.2) is 0 Å². The van der Waals surface area contributed by atoms with Crippen LogP contribution in [0.1, 0.15) is 23.7 Å². The Morgan fingerprint density at radius 1 is 1.30 bits per heavy atom. The maximum Gasteiger partial charge on any atom is 0.296 e. The first-order chi connectivity index (χ1) is 11.0. The molecule has 2 aromatic rings. The van der Waals surface area contributed by atoms with Crippen molar-refractivity contribution in [1.82, 2.24) is 0 Å². The predicted octanol–water partition coefficient (Wildman–Crippen LogP) is 3.78. The SMILES string of the molecule is CCCOc1ccc(NC(=O)c2ccccc2F)c([N+](=O)[O-])c1. The molecule has 0 radical (unpaired) electrons. The second kappa shape index (κ2) is 7.35. The molecule has 0 saturated carbocycles. The van der Waals surface area contributed by atoms with Crippen molar-refractivity contribution in [2.75, 3.05) is 11.9 Å². The summed E-state index contributed by atoms with van der Waals surface area (Å²) in [6.07, 6.45) is 0.763. The summed E-state index contributed by atoms with van der Waals surface area (Å²) in [6, 6.07) is 9.51. The molecule has 0 atom stereocenters. The minimum atomic E-state index is -0.756. The highest BCUT2D eigenvalue weighted by atomic mass is 19.1. The van der Waals surface area contributed by atoms with Gasteiger partial charge in [-0.3, -0.25) is 14.9 Å². The largest absolute Gasteiger partial charge is 0.493 e. The van der Waals surface area contributed by atoms with Gasteiger partial charge in [0, 0.05) is 0 Å². The molecular weight excluding hydrogens is 303 g/mol. The van der Waals surface area contributed by atoms with E-state index < -0.39 is 16.6 Å². The lowest BCUT2D eigenvalue weighted by Crippen LogP contribution is -2.14. The third-order valence-electron chi connectivity index (χ3n) is 3.01. The van der Waals surface area contributed by atoms with Gasteiger partial charge in [-0.2, -0.15) is 0 Å². The van der Waals surface area contributed by atoms with Crippen LogP contribution in [0.25, 0.3) is 0 Å². The van der Waals surface area contributed by atoms with Gasteiger partial charge in [-0.05, 0) is 30.7 Å². The number of nitro groups is 1. The first kappa shape index (κ1) is 16.4. The van der Waals surface area contributed by atoms with E-state index in [9.17, 15) is 19.3 Å². The van der Waals surface area contributed by atoms with Crippen LogP contribution in [0, 0.1) is 15.9 Å². The zero-order valence-electron chi connectivity index (χ0n) is 12.4. The van der Waals surface area contributed by atoms with Gasteiger partial charge in [-0.15, -0.1) is 0 Å². The van der Waals surface area contributed by atoms with Crippen LogP contribution in [-0.4, -0.2) is 17.4 Å². The van der Waals surface area contributed by atoms with E-state index in [1.54, 1.807) is 0 Å². The smallest absolute Gasteiger partial charge is 0.296 e. The van der Waals surface area contributed by atoms with Crippen molar-refractivity contribution in [2.45, 2.75) is 13.3 Å². The van der Waals surface area contributed by atoms with Crippen molar-refractivity contribution < 1.29 is 18.8 Å². The number of rotatable bonds is 6. The number of benzene rings is 2. The molecule has 0 unspecified atom stereocenters. The van der Waals surface area contributed by atoms with E-state index in [-0.39, 0.29) is 16.9 Å². The van der Waals surface area contributed by atoms with Crippen molar-refractivity contribution in [3.8, 4) is 5.75 Å². The fourth-order valence-electron chi connectivity index (χ4n) is 1.91. The Hall–Kier alpha value is -2.96. The van der Waals surface area contributed by atoms with Gasteiger partial charge in [-0.1, -0.05) is 19.1 Å². The van der Waals surface area contributed by atoms with Gasteiger partial charge >= 0.3 is 0 Å². The zero-order valence-corrected chi connectivity index (χ0v) is 12.4. The van der Waals surface area contributed by atoms with Crippen LogP contribution in [0.5, 0.6) is 5.75 Å². The third-order valence-corrected chi connectivity index (χ3v) is 3.01. The first-order valence-corrected chi connectivity index (χ1v) is 7.00. The molecule has 7 heteroatoms. The molecule has 1 amide bonds. The normalized spacial score (nSPS) is 10.2. The molecule has 23 heavy (non-hydrogen) atoms. The molecule has 6 nitrogen and oxygen atoms in total. The highest BCUT2D eigenvalue weighted by molar-refractivity contribution is 6.05. The minimum absolute atomic E-state index is 0.0212. The Kier molecular flexibility index (Phi) is 5.24. The molecule has 0 aliphatic rings. The number of carbonyl (C=O) groups is 1. The van der Waals surface area contributed by atoms with Crippen LogP contribution >= 0.6 is 0 Å². The topological polar surface area (TPSA) is 81.5 Å². The second-order valence-electron chi connectivity index (χ2n) is 4.72. The number of halogens is 1. The summed E-state index contributed by atoms with van der Waals surface area (Å²) in [7, 11) is 0. The van der Waals surface area contributed by atoms with E-state index in [4.69, 9.17) is 4.74 Å². The van der Waals surface area contributed by atoms with E-state index in [1.165, 1.54) is 36.4 Å². The summed E-state index contributed by atoms with van der Waals surface area (Å²) in [5.41, 5.74) is -0.525. The molecule has 2 rings (SSSR count). The van der Waals surface area contributed by atoms with E-state index in [0.29, 0.717) is 12.4 Å². The summed E-state index contributed by atoms with van der Waals surface area (Å²) < 4.78 is 18.9. The van der Waals surface area contributed by atoms with Crippen molar-refractivity contribution in [3.63, 3.8) is 0 Å². The monoisotopic (exact) mass is 318 g/mol. The van der Waals surface area contributed by atoms with Gasteiger partial charge in [0.2, 0.25) is 0 Å². The molecule has 0 spiro atoms. The number of hydrogen-bond donors (Lipinski definition) is 1. The second-order valence-corrected chi connectivity index (χ2v) is 4.72. The Morgan fingerprint density at radius 3 is 2.70 bits per heavy atom. The van der Waals surface area contributed by atoms with Crippen LogP contribution < -0.4 is 10.1 Å². The van der Waals surface area contributed by atoms with Crippen LogP contribution in [0.4, 0.5) is 15.8 Å². The van der Waals surface area contributed by atoms with Gasteiger partial charge in [0.25, 0.3) is 11.6 Å². The van der Waals surface area contributed by atoms with Gasteiger partial charge < -0.3 is 10.1 Å². The number of nitrogens with one attached hydrogen (secondary N) is 1. The number of anilines is 1. The molecule has 0 aromatic heterocycles. The molecule has 0 heterocycles. The van der Waals surface area contributed by atoms with Crippen molar-refractivity contribution in [1.29, 1.82) is 0 Å². The minimum Gasteiger partial charge on any atom is -0.493 e. The number of nitro benzene ring substituents is 1. The number of amides is 1. The average molecular weight is 318 g/mol. The molecule has 0 aliphatic carbocycles. The Labute approximate surface area is 132 Å². The molecule has 0 fully saturated rings. The highest BCUT2D eigenvalue weighted by Gasteiger charge is 2.19. The van der Waals surface area contributed by atoms with Crippen LogP contribution in [-0.2, 0) is 0 Å². The summed E-state index contributed by atoms with van der Waals surface area (Å²) in [5, 5.41) is 13.5. The van der Waals surface area contributed by atoms with Gasteiger partial charge in [-0.25, -0.2) is 4.39 Å². The molecule has 0 saturated heterocycles. The zero-order chi connectivity index (χ0) is 16.8. The Balaban J connectivity index is 2.27. The van der Waals surface area contributed by atoms with Gasteiger partial charge in [0.05, 0.1) is 23.2 Å². The van der Waals surface area contributed by atoms with E-state index in [1.807, 2.05) is 6.92 Å². The number of hydrogen-bond acceptors (Lipinski definition) is 4. The van der Waals surface area contributed by atoms with Crippen LogP contribution in [0.15, 0.2) is 42.5 Å². The quantitative estimate of drug-likeness (QED) is 0.649. The van der Waals surface area contributed by atoms with E-state index >= 15 is 0 Å². The fourth-order valence-corrected chi connectivity index (χ4v) is 1.91. The summed E-state index contributed by atoms with van der Waals surface area (Å²) >= 11 is 0. The lowest BCUT2D eigenvalue weighted by molar-refractivity contribution is -0.384. The first-order valence-electron chi connectivity index (χ1n) is 7.00. The number of ether oxygens (including phenoxy) is 1. The standard InChI is InChI=1S/C16H15FN2O4/c1-2-9-23-11-7-8-14(15(10-11)19(21)22)18-16(20)12-5-3-4-6-13(12)17/h3-8,10H,2,9H2,1H3,(H,18,20). The third kappa shape index (κ3) is 4.03. The summed E-state index contributed by atoms with van der Waals surface area (Å²) in [4.78, 5) is 22.6. The molecule has 120 valence electrons. The molecular formula is C16H15FN2O4. The maximum absolute atomic E-state index is 13.6. The molecule has 0 bridgehead atoms. The highest BCUT2D eigenvalue weighted by Crippen LogP contribution is 2.29. The lowest BCUT2D eigenvalue weighted by atomic mass is 10.2. The number of nitrogens with zero attached hydrogens (tertiary/aromatic N) is 1. The summed E-state index contributed by atoms with van der Waals surface area (Å²) in [6.45, 7) is 2.34. The fraction of sp³-hybridized carbons (Fsp3) is 0.188. The van der Waals surface area contributed by atoms with Crippen molar-refractivity contribution in [2.24, 2.45) is 0 Å². The molecule has 2 aromatic carbocycles. The van der Waals surface area contributed by atoms with Gasteiger partial charge in [0.1, 0.15) is 17.3 Å². The number of carbonyl (C=O) groups excluding carboxylic acids is 1. The van der Waals surface area contributed by atoms with Crippen LogP contribution in [0.3, 0.4) is 0 Å². The van der Waals surface area contributed by atoms with Crippen molar-refractivity contribution in [3.05, 3.63) is 64.0 Å².